The van der Waals surface area contributed by atoms with E-state index in [1.54, 1.807) is 6.07 Å². The molecular weight excluding hydrogens is 406 g/mol. The van der Waals surface area contributed by atoms with Gasteiger partial charge in [0.05, 0.1) is 18.5 Å². The van der Waals surface area contributed by atoms with E-state index in [2.05, 4.69) is 20.3 Å². The number of halogens is 2. The number of rotatable bonds is 5. The predicted molar refractivity (Wildman–Crippen MR) is 114 cm³/mol. The number of H-pyrrole nitrogens is 1. The van der Waals surface area contributed by atoms with Crippen molar-refractivity contribution in [3.63, 3.8) is 0 Å². The van der Waals surface area contributed by atoms with E-state index < -0.39 is 22.8 Å². The summed E-state index contributed by atoms with van der Waals surface area (Å²) in [4.78, 5) is 11.5. The number of amidine groups is 1. The molecule has 0 aliphatic carbocycles. The second-order valence-corrected chi connectivity index (χ2v) is 8.31. The molecule has 1 atom stereocenters. The van der Waals surface area contributed by atoms with E-state index >= 15 is 0 Å². The number of aliphatic hydroxyl groups excluding tert-OH is 1. The molecule has 0 spiro atoms. The molecule has 1 aliphatic heterocycles. The molecule has 31 heavy (non-hydrogen) atoms. The second-order valence-electron chi connectivity index (χ2n) is 8.31. The number of aromatic amines is 1. The van der Waals surface area contributed by atoms with Crippen LogP contribution in [0.3, 0.4) is 0 Å². The third-order valence-electron chi connectivity index (χ3n) is 5.19. The molecule has 0 bridgehead atoms. The Balaban J connectivity index is 1.59. The van der Waals surface area contributed by atoms with Crippen molar-refractivity contribution in [3.8, 4) is 11.5 Å². The van der Waals surface area contributed by atoms with Crippen molar-refractivity contribution in [1.82, 2.24) is 9.97 Å². The van der Waals surface area contributed by atoms with Crippen LogP contribution in [-0.2, 0) is 4.74 Å². The number of hydrogen-bond acceptors (Lipinski definition) is 6. The molecule has 2 aromatic heterocycles. The van der Waals surface area contributed by atoms with Crippen LogP contribution < -0.4 is 10.1 Å². The van der Waals surface area contributed by atoms with E-state index in [-0.39, 0.29) is 30.8 Å². The molecule has 4 rings (SSSR count). The van der Waals surface area contributed by atoms with Crippen molar-refractivity contribution in [3.05, 3.63) is 47.8 Å². The van der Waals surface area contributed by atoms with Gasteiger partial charge in [0.2, 0.25) is 0 Å². The van der Waals surface area contributed by atoms with E-state index in [4.69, 9.17) is 9.47 Å². The van der Waals surface area contributed by atoms with Crippen LogP contribution in [0.25, 0.3) is 11.0 Å². The largest absolute Gasteiger partial charge is 0.464 e. The van der Waals surface area contributed by atoms with Crippen LogP contribution in [0.1, 0.15) is 32.3 Å². The molecule has 1 aromatic carbocycles. The van der Waals surface area contributed by atoms with Gasteiger partial charge in [-0.1, -0.05) is 20.8 Å². The SMILES string of the molecule is CC(C)c1c[nH]c2nccc(Oc3c(F)cc(NC4=NC[C@](C)(CO)CO4)cc3F)c12. The Morgan fingerprint density at radius 2 is 2.06 bits per heavy atom. The summed E-state index contributed by atoms with van der Waals surface area (Å²) in [6, 6.07) is 3.95. The molecule has 0 saturated carbocycles. The molecule has 3 aromatic rings. The lowest BCUT2D eigenvalue weighted by atomic mass is 9.93. The standard InChI is InChI=1S/C22H24F2N4O3/c1-12(2)14-8-26-20-18(14)17(4-5-25-20)31-19-15(23)6-13(7-16(19)24)28-21-27-9-22(3,10-29)11-30-21/h4-8,12,29H,9-11H2,1-3H3,(H,25,26)(H,27,28)/t22-/m1/s1. The zero-order valence-corrected chi connectivity index (χ0v) is 17.5. The quantitative estimate of drug-likeness (QED) is 0.552. The van der Waals surface area contributed by atoms with Gasteiger partial charge in [0, 0.05) is 35.6 Å². The first-order valence-corrected chi connectivity index (χ1v) is 9.97. The van der Waals surface area contributed by atoms with Gasteiger partial charge in [0.25, 0.3) is 6.02 Å². The summed E-state index contributed by atoms with van der Waals surface area (Å²) in [7, 11) is 0. The topological polar surface area (TPSA) is 91.8 Å². The third-order valence-corrected chi connectivity index (χ3v) is 5.19. The molecule has 7 nitrogen and oxygen atoms in total. The van der Waals surface area contributed by atoms with Crippen molar-refractivity contribution in [1.29, 1.82) is 0 Å². The zero-order valence-electron chi connectivity index (χ0n) is 17.5. The fourth-order valence-corrected chi connectivity index (χ4v) is 3.32. The molecule has 9 heteroatoms. The first-order chi connectivity index (χ1) is 14.8. The maximum absolute atomic E-state index is 14.8. The molecular formula is C22H24F2N4O3. The van der Waals surface area contributed by atoms with Crippen LogP contribution in [0.2, 0.25) is 0 Å². The number of benzene rings is 1. The number of nitrogens with zero attached hydrogens (tertiary/aromatic N) is 2. The van der Waals surface area contributed by atoms with Gasteiger partial charge in [-0.2, -0.15) is 0 Å². The lowest BCUT2D eigenvalue weighted by Crippen LogP contribution is -2.38. The molecule has 0 amide bonds. The zero-order chi connectivity index (χ0) is 22.2. The molecule has 0 saturated heterocycles. The predicted octanol–water partition coefficient (Wildman–Crippen LogP) is 4.55. The van der Waals surface area contributed by atoms with Gasteiger partial charge in [-0.3, -0.25) is 0 Å². The fourth-order valence-electron chi connectivity index (χ4n) is 3.32. The van der Waals surface area contributed by atoms with Gasteiger partial charge in [-0.15, -0.1) is 0 Å². The molecule has 0 radical (unpaired) electrons. The van der Waals surface area contributed by atoms with E-state index in [9.17, 15) is 13.9 Å². The lowest BCUT2D eigenvalue weighted by Gasteiger charge is -2.30. The number of fused-ring (bicyclic) bond motifs is 1. The van der Waals surface area contributed by atoms with Gasteiger partial charge in [0.1, 0.15) is 18.0 Å². The van der Waals surface area contributed by atoms with Crippen LogP contribution >= 0.6 is 0 Å². The molecule has 0 fully saturated rings. The third kappa shape index (κ3) is 4.18. The highest BCUT2D eigenvalue weighted by molar-refractivity contribution is 5.90. The summed E-state index contributed by atoms with van der Waals surface area (Å²) in [6.07, 6.45) is 3.34. The van der Waals surface area contributed by atoms with Gasteiger partial charge >= 0.3 is 0 Å². The first kappa shape index (κ1) is 21.0. The van der Waals surface area contributed by atoms with Crippen molar-refractivity contribution in [2.45, 2.75) is 26.7 Å². The number of aliphatic imine (C=N–C) groups is 1. The number of nitrogens with one attached hydrogen (secondary N) is 2. The van der Waals surface area contributed by atoms with Crippen LogP contribution in [0, 0.1) is 17.0 Å². The Morgan fingerprint density at radius 1 is 1.32 bits per heavy atom. The average molecular weight is 430 g/mol. The van der Waals surface area contributed by atoms with Crippen LogP contribution in [0.5, 0.6) is 11.5 Å². The van der Waals surface area contributed by atoms with E-state index in [0.29, 0.717) is 23.3 Å². The minimum Gasteiger partial charge on any atom is -0.464 e. The fraction of sp³-hybridized carbons (Fsp3) is 0.364. The number of hydrogen-bond donors (Lipinski definition) is 3. The highest BCUT2D eigenvalue weighted by atomic mass is 19.1. The Bertz CT molecular complexity index is 1120. The number of anilines is 1. The van der Waals surface area contributed by atoms with Crippen molar-refractivity contribution < 1.29 is 23.4 Å². The first-order valence-electron chi connectivity index (χ1n) is 9.97. The molecule has 3 heterocycles. The number of aromatic nitrogens is 2. The highest BCUT2D eigenvalue weighted by Crippen LogP contribution is 2.37. The van der Waals surface area contributed by atoms with Gasteiger partial charge < -0.3 is 24.9 Å². The highest BCUT2D eigenvalue weighted by Gasteiger charge is 2.29. The summed E-state index contributed by atoms with van der Waals surface area (Å²) in [6.45, 7) is 6.38. The minimum absolute atomic E-state index is 0.0684. The Kier molecular flexibility index (Phi) is 5.53. The summed E-state index contributed by atoms with van der Waals surface area (Å²) in [5.74, 6) is -1.76. The molecule has 0 unspecified atom stereocenters. The monoisotopic (exact) mass is 430 g/mol. The smallest absolute Gasteiger partial charge is 0.289 e. The summed E-state index contributed by atoms with van der Waals surface area (Å²) in [5, 5.41) is 12.8. The van der Waals surface area contributed by atoms with Crippen LogP contribution in [0.4, 0.5) is 14.5 Å². The van der Waals surface area contributed by atoms with Gasteiger partial charge in [0.15, 0.2) is 17.4 Å². The second kappa shape index (κ2) is 8.14. The van der Waals surface area contributed by atoms with E-state index in [0.717, 1.165) is 17.7 Å². The minimum atomic E-state index is -0.870. The molecule has 164 valence electrons. The van der Waals surface area contributed by atoms with Gasteiger partial charge in [-0.25, -0.2) is 18.8 Å². The Hall–Kier alpha value is -3.20. The number of ether oxygens (including phenoxy) is 2. The van der Waals surface area contributed by atoms with Crippen molar-refractivity contribution in [2.24, 2.45) is 10.4 Å². The summed E-state index contributed by atoms with van der Waals surface area (Å²) >= 11 is 0. The summed E-state index contributed by atoms with van der Waals surface area (Å²) in [5.41, 5.74) is 1.20. The van der Waals surface area contributed by atoms with E-state index in [1.807, 2.05) is 27.0 Å². The van der Waals surface area contributed by atoms with Crippen molar-refractivity contribution in [2.75, 3.05) is 25.1 Å². The molecule has 3 N–H and O–H groups in total. The Labute approximate surface area is 178 Å². The normalized spacial score (nSPS) is 18.7. The molecule has 1 aliphatic rings. The Morgan fingerprint density at radius 3 is 2.68 bits per heavy atom. The van der Waals surface area contributed by atoms with Gasteiger partial charge in [-0.05, 0) is 17.5 Å². The van der Waals surface area contributed by atoms with Crippen molar-refractivity contribution >= 4 is 22.7 Å². The lowest BCUT2D eigenvalue weighted by molar-refractivity contribution is 0.0706. The number of pyridine rings is 1. The maximum atomic E-state index is 14.8. The van der Waals surface area contributed by atoms with E-state index in [1.165, 1.54) is 6.20 Å². The number of aliphatic hydroxyl groups is 1. The maximum Gasteiger partial charge on any atom is 0.289 e. The summed E-state index contributed by atoms with van der Waals surface area (Å²) < 4.78 is 40.7. The van der Waals surface area contributed by atoms with Crippen LogP contribution in [-0.4, -0.2) is 40.9 Å². The average Bonchev–Trinajstić information content (AvgIpc) is 3.18. The van der Waals surface area contributed by atoms with Crippen LogP contribution in [0.15, 0.2) is 35.6 Å².